The van der Waals surface area contributed by atoms with Crippen molar-refractivity contribution in [2.24, 2.45) is 0 Å². The Balaban J connectivity index is 1.04. The van der Waals surface area contributed by atoms with E-state index in [0.717, 1.165) is 6.33 Å². The number of aliphatic hydroxyl groups is 4. The topological polar surface area (TPSA) is 289 Å². The van der Waals surface area contributed by atoms with Crippen LogP contribution < -0.4 is 5.73 Å². The second kappa shape index (κ2) is 11.8. The van der Waals surface area contributed by atoms with Gasteiger partial charge in [0.25, 0.3) is 0 Å². The van der Waals surface area contributed by atoms with Crippen molar-refractivity contribution < 1.29 is 62.2 Å². The Morgan fingerprint density at radius 2 is 1.36 bits per heavy atom. The maximum atomic E-state index is 12.5. The van der Waals surface area contributed by atoms with Crippen molar-refractivity contribution in [2.45, 2.75) is 49.1 Å². The van der Waals surface area contributed by atoms with Crippen molar-refractivity contribution >= 4 is 43.7 Å². The molecular weight excluding hydrogens is 632 g/mol. The fraction of sp³-hybridized carbons (Fsp3) is 0.455. The Bertz CT molecular complexity index is 1760. The van der Waals surface area contributed by atoms with Gasteiger partial charge in [0, 0.05) is 0 Å². The Kier molecular flexibility index (Phi) is 8.31. The molecule has 2 aliphatic heterocycles. The van der Waals surface area contributed by atoms with Gasteiger partial charge >= 0.3 is 15.6 Å². The molecule has 22 heteroatoms. The van der Waals surface area contributed by atoms with Crippen LogP contribution in [-0.2, 0) is 32.0 Å². The highest BCUT2D eigenvalue weighted by atomic mass is 31.3. The van der Waals surface area contributed by atoms with Gasteiger partial charge < -0.3 is 50.0 Å². The van der Waals surface area contributed by atoms with E-state index in [-0.39, 0.29) is 17.0 Å². The summed E-state index contributed by atoms with van der Waals surface area (Å²) in [5, 5.41) is 41.9. The molecule has 0 saturated carbocycles. The number of hydrogen-bond donors (Lipinski definition) is 7. The zero-order valence-corrected chi connectivity index (χ0v) is 24.1. The number of aromatic nitrogens is 6. The number of fused-ring (bicyclic) bond motifs is 2. The van der Waals surface area contributed by atoms with E-state index in [9.17, 15) is 39.3 Å². The minimum atomic E-state index is -5.34. The molecule has 44 heavy (non-hydrogen) atoms. The van der Waals surface area contributed by atoms with Gasteiger partial charge in [-0.1, -0.05) is 12.1 Å². The maximum Gasteiger partial charge on any atom is 0.481 e. The average Bonchev–Trinajstić information content (AvgIpc) is 3.73. The van der Waals surface area contributed by atoms with Crippen molar-refractivity contribution in [3.05, 3.63) is 43.2 Å². The van der Waals surface area contributed by atoms with Crippen LogP contribution in [0.1, 0.15) is 12.5 Å². The fourth-order valence-electron chi connectivity index (χ4n) is 4.94. The van der Waals surface area contributed by atoms with Gasteiger partial charge in [0.15, 0.2) is 23.9 Å². The second-order valence-corrected chi connectivity index (χ2v) is 13.0. The van der Waals surface area contributed by atoms with E-state index < -0.39 is 77.9 Å². The molecule has 20 nitrogen and oxygen atoms in total. The number of phosphoric ester groups is 2. The highest BCUT2D eigenvalue weighted by molar-refractivity contribution is 7.61. The van der Waals surface area contributed by atoms with Gasteiger partial charge in [-0.15, -0.1) is 0 Å². The van der Waals surface area contributed by atoms with Crippen LogP contribution in [0.3, 0.4) is 0 Å². The first-order valence-electron chi connectivity index (χ1n) is 12.9. The molecule has 4 aromatic rings. The number of nitrogens with two attached hydrogens (primary N) is 1. The van der Waals surface area contributed by atoms with Crippen LogP contribution in [0.15, 0.2) is 43.2 Å². The Morgan fingerprint density at radius 1 is 0.795 bits per heavy atom. The number of nitrogens with zero attached hydrogens (tertiary/aromatic N) is 6. The minimum absolute atomic E-state index is 0.0625. The summed E-state index contributed by atoms with van der Waals surface area (Å²) in [4.78, 5) is 36.2. The maximum absolute atomic E-state index is 12.5. The van der Waals surface area contributed by atoms with Crippen LogP contribution in [-0.4, -0.2) is 109 Å². The molecule has 2 fully saturated rings. The number of phosphoric acid groups is 2. The van der Waals surface area contributed by atoms with Gasteiger partial charge in [0.05, 0.1) is 36.9 Å². The van der Waals surface area contributed by atoms with Gasteiger partial charge in [0.1, 0.15) is 48.5 Å². The van der Waals surface area contributed by atoms with E-state index in [2.05, 4.69) is 24.2 Å². The first kappa shape index (κ1) is 31.1. The number of imidazole rings is 2. The zero-order valence-electron chi connectivity index (χ0n) is 22.3. The molecule has 0 amide bonds. The van der Waals surface area contributed by atoms with Gasteiger partial charge in [-0.3, -0.25) is 13.6 Å². The van der Waals surface area contributed by atoms with Crippen molar-refractivity contribution in [2.75, 3.05) is 18.9 Å². The minimum Gasteiger partial charge on any atom is -0.387 e. The van der Waals surface area contributed by atoms with Crippen LogP contribution in [0.2, 0.25) is 0 Å². The van der Waals surface area contributed by atoms with Crippen molar-refractivity contribution in [1.29, 1.82) is 0 Å². The van der Waals surface area contributed by atoms with E-state index in [0.29, 0.717) is 11.0 Å². The zero-order chi connectivity index (χ0) is 31.4. The van der Waals surface area contributed by atoms with Gasteiger partial charge in [0.2, 0.25) is 0 Å². The molecule has 6 rings (SSSR count). The van der Waals surface area contributed by atoms with E-state index in [1.54, 1.807) is 24.3 Å². The molecule has 10 atom stereocenters. The molecule has 8 N–H and O–H groups in total. The summed E-state index contributed by atoms with van der Waals surface area (Å²) >= 11 is 0. The summed E-state index contributed by atoms with van der Waals surface area (Å²) in [6.07, 6.45) is -7.61. The molecule has 0 bridgehead atoms. The number of rotatable bonds is 10. The highest BCUT2D eigenvalue weighted by Gasteiger charge is 2.48. The van der Waals surface area contributed by atoms with Crippen molar-refractivity contribution in [1.82, 2.24) is 29.1 Å². The number of nitrogen functional groups attached to an aromatic ring is 1. The Morgan fingerprint density at radius 3 is 2.00 bits per heavy atom. The van der Waals surface area contributed by atoms with Gasteiger partial charge in [-0.25, -0.2) is 29.1 Å². The molecule has 1 aromatic carbocycles. The Hall–Kier alpha value is -2.94. The lowest BCUT2D eigenvalue weighted by Crippen LogP contribution is -2.34. The predicted molar refractivity (Wildman–Crippen MR) is 144 cm³/mol. The second-order valence-electron chi connectivity index (χ2n) is 9.93. The summed E-state index contributed by atoms with van der Waals surface area (Å²) in [5.74, 6) is 0.0625. The molecule has 0 radical (unpaired) electrons. The first-order chi connectivity index (χ1) is 20.8. The largest absolute Gasteiger partial charge is 0.481 e. The number of ether oxygens (including phenoxy) is 2. The highest BCUT2D eigenvalue weighted by Crippen LogP contribution is 2.60. The number of anilines is 1. The van der Waals surface area contributed by atoms with E-state index in [1.807, 2.05) is 0 Å². The average molecular weight is 659 g/mol. The SMILES string of the molecule is Nc1ncnc2c1ncn2[C@@H]1O[C@H](COP(=O)(O)OP(=O)(O)OC[C@H]2O[C@@H](n3cnc4ccccc43)[C@H](O)[C@@H]2O)[C@@H](O)[C@H]1O. The third-order valence-electron chi connectivity index (χ3n) is 7.10. The number of aliphatic hydroxyl groups excluding tert-OH is 4. The third-order valence-corrected chi connectivity index (χ3v) is 9.70. The molecule has 5 heterocycles. The van der Waals surface area contributed by atoms with Crippen LogP contribution in [0, 0.1) is 0 Å². The summed E-state index contributed by atoms with van der Waals surface area (Å²) in [6, 6.07) is 6.94. The molecule has 2 saturated heterocycles. The van der Waals surface area contributed by atoms with Crippen molar-refractivity contribution in [3.8, 4) is 0 Å². The normalized spacial score (nSPS) is 31.9. The lowest BCUT2D eigenvalue weighted by atomic mass is 10.1. The summed E-state index contributed by atoms with van der Waals surface area (Å²) in [6.45, 7) is -1.70. The fourth-order valence-corrected chi connectivity index (χ4v) is 7.03. The summed E-state index contributed by atoms with van der Waals surface area (Å²) < 4.78 is 52.7. The van der Waals surface area contributed by atoms with Crippen LogP contribution in [0.5, 0.6) is 0 Å². The molecule has 238 valence electrons. The quantitative estimate of drug-likeness (QED) is 0.0999. The smallest absolute Gasteiger partial charge is 0.387 e. The molecule has 0 spiro atoms. The number of benzene rings is 1. The van der Waals surface area contributed by atoms with Crippen molar-refractivity contribution in [3.63, 3.8) is 0 Å². The number of hydrogen-bond acceptors (Lipinski definition) is 16. The lowest BCUT2D eigenvalue weighted by molar-refractivity contribution is -0.0529. The predicted octanol–water partition coefficient (Wildman–Crippen LogP) is -1.05. The summed E-state index contributed by atoms with van der Waals surface area (Å²) in [7, 11) is -10.7. The van der Waals surface area contributed by atoms with E-state index in [1.165, 1.54) is 21.8 Å². The van der Waals surface area contributed by atoms with Gasteiger partial charge in [-0.05, 0) is 12.1 Å². The van der Waals surface area contributed by atoms with E-state index >= 15 is 0 Å². The third kappa shape index (κ3) is 5.88. The molecule has 0 aliphatic carbocycles. The summed E-state index contributed by atoms with van der Waals surface area (Å²) in [5.41, 5.74) is 7.33. The van der Waals surface area contributed by atoms with Crippen LogP contribution in [0.25, 0.3) is 22.2 Å². The monoisotopic (exact) mass is 659 g/mol. The molecular formula is C22H27N7O13P2. The molecule has 2 aliphatic rings. The standard InChI is InChI=1S/C22H27N7O13P2/c23-19-14-20(25-7-24-19)29(9-27-14)22-18(33)16(31)13(41-22)6-39-44(36,37)42-43(34,35)38-5-12-15(30)17(32)21(40-12)28-8-26-10-3-1-2-4-11(10)28/h1-4,7-9,12-13,15-18,21-22,30-33H,5-6H2,(H,34,35)(H,36,37)(H2,23,24,25)/t12-,13-,15-,16-,17-,18-,21-,22-/m1/s1. The van der Waals surface area contributed by atoms with Crippen LogP contribution in [0.4, 0.5) is 5.82 Å². The van der Waals surface area contributed by atoms with E-state index in [4.69, 9.17) is 24.3 Å². The molecule has 2 unspecified atom stereocenters. The Labute approximate surface area is 246 Å². The van der Waals surface area contributed by atoms with Crippen LogP contribution >= 0.6 is 15.6 Å². The first-order valence-corrected chi connectivity index (χ1v) is 15.9. The molecule has 3 aromatic heterocycles. The van der Waals surface area contributed by atoms with Gasteiger partial charge in [-0.2, -0.15) is 4.31 Å². The number of para-hydroxylation sites is 2. The lowest BCUT2D eigenvalue weighted by Gasteiger charge is -2.20.